The number of aromatic nitrogens is 3. The number of benzene rings is 2. The van der Waals surface area contributed by atoms with Crippen molar-refractivity contribution >= 4 is 47.0 Å². The number of hydrogen-bond donors (Lipinski definition) is 2. The van der Waals surface area contributed by atoms with E-state index in [0.717, 1.165) is 39.0 Å². The van der Waals surface area contributed by atoms with Gasteiger partial charge in [0, 0.05) is 31.7 Å². The Morgan fingerprint density at radius 3 is 2.39 bits per heavy atom. The highest BCUT2D eigenvalue weighted by Crippen LogP contribution is 2.28. The zero-order chi connectivity index (χ0) is 24.7. The maximum Gasteiger partial charge on any atom is 0.250 e. The molecular weight excluding hydrogens is 482 g/mol. The Labute approximate surface area is 213 Å². The zero-order valence-corrected chi connectivity index (χ0v) is 20.3. The summed E-state index contributed by atoms with van der Waals surface area (Å²) in [5, 5.41) is 23.4. The summed E-state index contributed by atoms with van der Waals surface area (Å²) in [4.78, 5) is 18.1. The Hall–Kier alpha value is -3.83. The summed E-state index contributed by atoms with van der Waals surface area (Å²) in [7, 11) is 0. The van der Waals surface area contributed by atoms with Gasteiger partial charge in [-0.25, -0.2) is 5.43 Å². The van der Waals surface area contributed by atoms with Gasteiger partial charge >= 0.3 is 0 Å². The predicted octanol–water partition coefficient (Wildman–Crippen LogP) is 4.53. The SMILES string of the molecule is Oc1ccc(N=Nc2ccccc2Cl)cc1/C=N\Nc1nc(N2CCCC2)nc(N2CCOCC2)n1. The van der Waals surface area contributed by atoms with E-state index in [-0.39, 0.29) is 5.75 Å². The third kappa shape index (κ3) is 5.86. The Kier molecular flexibility index (Phi) is 7.48. The fourth-order valence-corrected chi connectivity index (χ4v) is 4.05. The first-order valence-corrected chi connectivity index (χ1v) is 12.2. The number of hydrazone groups is 1. The Morgan fingerprint density at radius 2 is 1.64 bits per heavy atom. The van der Waals surface area contributed by atoms with Crippen molar-refractivity contribution in [2.24, 2.45) is 15.3 Å². The van der Waals surface area contributed by atoms with Gasteiger partial charge in [-0.3, -0.25) is 0 Å². The summed E-state index contributed by atoms with van der Waals surface area (Å²) in [6.07, 6.45) is 3.71. The van der Waals surface area contributed by atoms with Gasteiger partial charge in [-0.1, -0.05) is 23.7 Å². The van der Waals surface area contributed by atoms with Crippen LogP contribution in [0.15, 0.2) is 57.8 Å². The minimum atomic E-state index is 0.0552. The smallest absolute Gasteiger partial charge is 0.250 e. The number of hydrogen-bond acceptors (Lipinski definition) is 11. The van der Waals surface area contributed by atoms with Crippen molar-refractivity contribution < 1.29 is 9.84 Å². The fraction of sp³-hybridized carbons (Fsp3) is 0.333. The largest absolute Gasteiger partial charge is 0.507 e. The minimum absolute atomic E-state index is 0.0552. The number of rotatable bonds is 7. The molecule has 2 aromatic carbocycles. The van der Waals surface area contributed by atoms with E-state index in [1.165, 1.54) is 12.3 Å². The summed E-state index contributed by atoms with van der Waals surface area (Å²) in [5.41, 5.74) is 4.45. The standard InChI is InChI=1S/C24H26ClN9O2/c25-19-5-1-2-6-20(19)31-30-18-7-8-21(35)17(15-18)16-26-32-22-27-23(33-9-3-4-10-33)29-24(28-22)34-11-13-36-14-12-34/h1-2,5-8,15-16,35H,3-4,9-14H2,(H,27,28,29,32)/b26-16-,31-30?. The van der Waals surface area contributed by atoms with Gasteiger partial charge in [0.25, 0.3) is 0 Å². The molecule has 2 saturated heterocycles. The van der Waals surface area contributed by atoms with Crippen molar-refractivity contribution in [1.29, 1.82) is 0 Å². The lowest BCUT2D eigenvalue weighted by molar-refractivity contribution is 0.122. The Balaban J connectivity index is 1.34. The molecule has 2 N–H and O–H groups in total. The topological polar surface area (TPSA) is 124 Å². The quantitative estimate of drug-likeness (QED) is 0.271. The molecule has 0 bridgehead atoms. The van der Waals surface area contributed by atoms with E-state index >= 15 is 0 Å². The second-order valence-electron chi connectivity index (χ2n) is 8.32. The maximum absolute atomic E-state index is 10.3. The lowest BCUT2D eigenvalue weighted by Crippen LogP contribution is -2.38. The molecule has 0 amide bonds. The van der Waals surface area contributed by atoms with E-state index in [9.17, 15) is 5.11 Å². The number of ether oxygens (including phenoxy) is 1. The lowest BCUT2D eigenvalue weighted by Gasteiger charge is -2.27. The van der Waals surface area contributed by atoms with Gasteiger partial charge in [-0.2, -0.15) is 25.2 Å². The van der Waals surface area contributed by atoms with E-state index in [1.54, 1.807) is 24.3 Å². The predicted molar refractivity (Wildman–Crippen MR) is 139 cm³/mol. The van der Waals surface area contributed by atoms with Crippen molar-refractivity contribution in [2.75, 3.05) is 54.6 Å². The molecule has 3 heterocycles. The molecule has 0 aliphatic carbocycles. The summed E-state index contributed by atoms with van der Waals surface area (Å²) >= 11 is 6.14. The summed E-state index contributed by atoms with van der Waals surface area (Å²) in [6.45, 7) is 4.53. The summed E-state index contributed by atoms with van der Waals surface area (Å²) in [6, 6.07) is 12.0. The molecule has 2 aliphatic rings. The van der Waals surface area contributed by atoms with Gasteiger partial charge in [0.05, 0.1) is 30.1 Å². The molecular formula is C24H26ClN9O2. The van der Waals surface area contributed by atoms with Crippen molar-refractivity contribution in [3.8, 4) is 5.75 Å². The van der Waals surface area contributed by atoms with Crippen molar-refractivity contribution in [1.82, 2.24) is 15.0 Å². The van der Waals surface area contributed by atoms with Crippen LogP contribution in [0.5, 0.6) is 5.75 Å². The second kappa shape index (κ2) is 11.3. The van der Waals surface area contributed by atoms with Crippen LogP contribution in [0.1, 0.15) is 18.4 Å². The molecule has 0 unspecified atom stereocenters. The third-order valence-corrected chi connectivity index (χ3v) is 6.12. The average molecular weight is 508 g/mol. The van der Waals surface area contributed by atoms with Crippen molar-refractivity contribution in [3.63, 3.8) is 0 Å². The molecule has 12 heteroatoms. The van der Waals surface area contributed by atoms with Crippen molar-refractivity contribution in [3.05, 3.63) is 53.1 Å². The molecule has 0 radical (unpaired) electrons. The molecule has 5 rings (SSSR count). The molecule has 3 aromatic rings. The molecule has 186 valence electrons. The highest BCUT2D eigenvalue weighted by Gasteiger charge is 2.21. The van der Waals surface area contributed by atoms with E-state index < -0.39 is 0 Å². The van der Waals surface area contributed by atoms with Gasteiger partial charge in [0.1, 0.15) is 11.4 Å². The van der Waals surface area contributed by atoms with Crippen LogP contribution in [-0.4, -0.2) is 65.7 Å². The lowest BCUT2D eigenvalue weighted by atomic mass is 10.2. The number of morpholine rings is 1. The van der Waals surface area contributed by atoms with Gasteiger partial charge in [-0.15, -0.1) is 5.11 Å². The van der Waals surface area contributed by atoms with Crippen LogP contribution in [0, 0.1) is 0 Å². The van der Waals surface area contributed by atoms with Crippen LogP contribution in [-0.2, 0) is 4.74 Å². The van der Waals surface area contributed by atoms with E-state index in [1.807, 2.05) is 12.1 Å². The molecule has 0 spiro atoms. The highest BCUT2D eigenvalue weighted by atomic mass is 35.5. The van der Waals surface area contributed by atoms with Crippen LogP contribution in [0.3, 0.4) is 0 Å². The first-order chi connectivity index (χ1) is 17.7. The van der Waals surface area contributed by atoms with Gasteiger partial charge in [-0.05, 0) is 43.2 Å². The highest BCUT2D eigenvalue weighted by molar-refractivity contribution is 6.32. The summed E-state index contributed by atoms with van der Waals surface area (Å²) in [5.74, 6) is 1.61. The van der Waals surface area contributed by atoms with Gasteiger partial charge in [0.2, 0.25) is 17.8 Å². The monoisotopic (exact) mass is 507 g/mol. The number of nitrogens with one attached hydrogen (secondary N) is 1. The second-order valence-corrected chi connectivity index (χ2v) is 8.72. The van der Waals surface area contributed by atoms with Crippen LogP contribution < -0.4 is 15.2 Å². The number of azo groups is 1. The molecule has 0 saturated carbocycles. The zero-order valence-electron chi connectivity index (χ0n) is 19.6. The average Bonchev–Trinajstić information content (AvgIpc) is 3.45. The third-order valence-electron chi connectivity index (χ3n) is 5.80. The van der Waals surface area contributed by atoms with Crippen LogP contribution in [0.4, 0.5) is 29.2 Å². The fourth-order valence-electron chi connectivity index (χ4n) is 3.88. The number of nitrogens with zero attached hydrogens (tertiary/aromatic N) is 8. The molecule has 1 aromatic heterocycles. The Bertz CT molecular complexity index is 1260. The normalized spacial score (nSPS) is 16.4. The molecule has 11 nitrogen and oxygen atoms in total. The van der Waals surface area contributed by atoms with E-state index in [4.69, 9.17) is 21.3 Å². The maximum atomic E-state index is 10.3. The van der Waals surface area contributed by atoms with Gasteiger partial charge < -0.3 is 19.6 Å². The number of anilines is 3. The molecule has 36 heavy (non-hydrogen) atoms. The Morgan fingerprint density at radius 1 is 0.917 bits per heavy atom. The number of phenolic OH excluding ortho intramolecular Hbond substituents is 1. The van der Waals surface area contributed by atoms with Crippen LogP contribution >= 0.6 is 11.6 Å². The van der Waals surface area contributed by atoms with E-state index in [2.05, 4.69) is 40.5 Å². The first-order valence-electron chi connectivity index (χ1n) is 11.8. The van der Waals surface area contributed by atoms with Crippen LogP contribution in [0.2, 0.25) is 5.02 Å². The number of phenols is 1. The van der Waals surface area contributed by atoms with Crippen LogP contribution in [0.25, 0.3) is 0 Å². The van der Waals surface area contributed by atoms with Crippen molar-refractivity contribution in [2.45, 2.75) is 12.8 Å². The molecule has 2 aliphatic heterocycles. The van der Waals surface area contributed by atoms with E-state index in [0.29, 0.717) is 53.0 Å². The number of halogens is 1. The van der Waals surface area contributed by atoms with Gasteiger partial charge in [0.15, 0.2) is 0 Å². The number of aromatic hydroxyl groups is 1. The minimum Gasteiger partial charge on any atom is -0.507 e. The first kappa shape index (κ1) is 23.9. The molecule has 0 atom stereocenters. The molecule has 2 fully saturated rings. The summed E-state index contributed by atoms with van der Waals surface area (Å²) < 4.78 is 5.46.